The van der Waals surface area contributed by atoms with Crippen molar-refractivity contribution in [2.24, 2.45) is 0 Å². The summed E-state index contributed by atoms with van der Waals surface area (Å²) in [6, 6.07) is 7.89. The highest BCUT2D eigenvalue weighted by Crippen LogP contribution is 2.21. The molecular formula is C22H24N2O4. The van der Waals surface area contributed by atoms with Crippen molar-refractivity contribution >= 4 is 28.4 Å². The molecule has 3 aromatic rings. The van der Waals surface area contributed by atoms with Gasteiger partial charge in [-0.1, -0.05) is 18.2 Å². The Labute approximate surface area is 163 Å². The van der Waals surface area contributed by atoms with Crippen molar-refractivity contribution in [2.75, 3.05) is 0 Å². The van der Waals surface area contributed by atoms with Gasteiger partial charge < -0.3 is 14.7 Å². The molecule has 0 fully saturated rings. The van der Waals surface area contributed by atoms with Crippen LogP contribution >= 0.6 is 0 Å². The number of aromatic nitrogens is 2. The van der Waals surface area contributed by atoms with Gasteiger partial charge >= 0.3 is 5.97 Å². The predicted molar refractivity (Wildman–Crippen MR) is 107 cm³/mol. The van der Waals surface area contributed by atoms with E-state index in [1.54, 1.807) is 20.8 Å². The van der Waals surface area contributed by atoms with Crippen LogP contribution in [0.3, 0.4) is 0 Å². The van der Waals surface area contributed by atoms with Crippen LogP contribution in [0.15, 0.2) is 30.5 Å². The number of fused-ring (bicyclic) bond motifs is 1. The molecule has 0 bridgehead atoms. The summed E-state index contributed by atoms with van der Waals surface area (Å²) in [7, 11) is 0. The summed E-state index contributed by atoms with van der Waals surface area (Å²) in [5, 5.41) is 1.08. The van der Waals surface area contributed by atoms with Crippen LogP contribution in [0.25, 0.3) is 10.9 Å². The number of ketones is 2. The Morgan fingerprint density at radius 1 is 1.14 bits per heavy atom. The van der Waals surface area contributed by atoms with Crippen LogP contribution in [0.1, 0.15) is 57.9 Å². The smallest absolute Gasteiger partial charge is 0.306 e. The zero-order valence-corrected chi connectivity index (χ0v) is 16.5. The zero-order valence-electron chi connectivity index (χ0n) is 16.5. The molecule has 0 saturated heterocycles. The van der Waals surface area contributed by atoms with Gasteiger partial charge in [0.25, 0.3) is 0 Å². The van der Waals surface area contributed by atoms with Gasteiger partial charge in [0, 0.05) is 34.8 Å². The fourth-order valence-electron chi connectivity index (χ4n) is 3.61. The van der Waals surface area contributed by atoms with Crippen LogP contribution in [-0.2, 0) is 16.0 Å². The summed E-state index contributed by atoms with van der Waals surface area (Å²) in [6.45, 7) is 6.48. The lowest BCUT2D eigenvalue weighted by molar-refractivity contribution is -0.146. The highest BCUT2D eigenvalue weighted by atomic mass is 16.5. The largest absolute Gasteiger partial charge is 0.454 e. The summed E-state index contributed by atoms with van der Waals surface area (Å²) in [6.07, 6.45) is 1.67. The first-order valence-corrected chi connectivity index (χ1v) is 9.28. The van der Waals surface area contributed by atoms with Gasteiger partial charge in [0.2, 0.25) is 5.78 Å². The van der Waals surface area contributed by atoms with E-state index in [1.807, 2.05) is 30.5 Å². The van der Waals surface area contributed by atoms with Gasteiger partial charge in [-0.15, -0.1) is 0 Å². The number of carbonyl (C=O) groups is 3. The number of aromatic amines is 2. The molecule has 3 rings (SSSR count). The normalized spacial score (nSPS) is 12.1. The number of H-pyrrole nitrogens is 2. The minimum absolute atomic E-state index is 0.103. The molecule has 0 unspecified atom stereocenters. The Morgan fingerprint density at radius 3 is 2.54 bits per heavy atom. The predicted octanol–water partition coefficient (Wildman–Crippen LogP) is 4.06. The number of benzene rings is 1. The molecule has 6 nitrogen and oxygen atoms in total. The first-order chi connectivity index (χ1) is 13.3. The van der Waals surface area contributed by atoms with Gasteiger partial charge in [-0.3, -0.25) is 14.4 Å². The maximum atomic E-state index is 12.7. The Hall–Kier alpha value is -3.15. The van der Waals surface area contributed by atoms with E-state index in [9.17, 15) is 14.4 Å². The number of aryl methyl sites for hydroxylation is 2. The third-order valence-corrected chi connectivity index (χ3v) is 4.99. The van der Waals surface area contributed by atoms with Crippen LogP contribution < -0.4 is 0 Å². The monoisotopic (exact) mass is 380 g/mol. The molecule has 0 aliphatic rings. The SMILES string of the molecule is CC(=O)c1c(C)[nH]c(C(=O)[C@H](C)OC(=O)CCc2c[nH]c3ccccc23)c1C. The van der Waals surface area contributed by atoms with Crippen molar-refractivity contribution in [1.82, 2.24) is 9.97 Å². The summed E-state index contributed by atoms with van der Waals surface area (Å²) in [5.41, 5.74) is 4.13. The van der Waals surface area contributed by atoms with E-state index in [2.05, 4.69) is 9.97 Å². The molecule has 2 heterocycles. The number of ether oxygens (including phenoxy) is 1. The summed E-state index contributed by atoms with van der Waals surface area (Å²) in [5.74, 6) is -0.874. The third-order valence-electron chi connectivity index (χ3n) is 4.99. The van der Waals surface area contributed by atoms with Crippen molar-refractivity contribution in [1.29, 1.82) is 0 Å². The number of hydrogen-bond donors (Lipinski definition) is 2. The van der Waals surface area contributed by atoms with Crippen LogP contribution in [-0.4, -0.2) is 33.6 Å². The number of nitrogens with one attached hydrogen (secondary N) is 2. The van der Waals surface area contributed by atoms with Crippen molar-refractivity contribution < 1.29 is 19.1 Å². The molecule has 28 heavy (non-hydrogen) atoms. The summed E-state index contributed by atoms with van der Waals surface area (Å²) in [4.78, 5) is 42.8. The van der Waals surface area contributed by atoms with E-state index < -0.39 is 12.1 Å². The van der Waals surface area contributed by atoms with E-state index in [-0.39, 0.29) is 18.0 Å². The van der Waals surface area contributed by atoms with Gasteiger partial charge in [-0.25, -0.2) is 0 Å². The average molecular weight is 380 g/mol. The van der Waals surface area contributed by atoms with Crippen LogP contribution in [0, 0.1) is 13.8 Å². The van der Waals surface area contributed by atoms with Crippen molar-refractivity contribution in [2.45, 2.75) is 46.6 Å². The molecule has 0 amide bonds. The van der Waals surface area contributed by atoms with Gasteiger partial charge in [0.1, 0.15) is 0 Å². The van der Waals surface area contributed by atoms with E-state index >= 15 is 0 Å². The van der Waals surface area contributed by atoms with Crippen molar-refractivity contribution in [3.63, 3.8) is 0 Å². The van der Waals surface area contributed by atoms with Gasteiger partial charge in [0.15, 0.2) is 11.9 Å². The summed E-state index contributed by atoms with van der Waals surface area (Å²) >= 11 is 0. The third kappa shape index (κ3) is 3.76. The second-order valence-electron chi connectivity index (χ2n) is 7.04. The topological polar surface area (TPSA) is 92.0 Å². The first-order valence-electron chi connectivity index (χ1n) is 9.28. The molecule has 1 aromatic carbocycles. The van der Waals surface area contributed by atoms with E-state index in [4.69, 9.17) is 4.74 Å². The maximum absolute atomic E-state index is 12.7. The van der Waals surface area contributed by atoms with E-state index in [0.717, 1.165) is 16.5 Å². The van der Waals surface area contributed by atoms with Crippen LogP contribution in [0.2, 0.25) is 0 Å². The van der Waals surface area contributed by atoms with Crippen LogP contribution in [0.5, 0.6) is 0 Å². The fourth-order valence-corrected chi connectivity index (χ4v) is 3.61. The highest BCUT2D eigenvalue weighted by Gasteiger charge is 2.25. The lowest BCUT2D eigenvalue weighted by Crippen LogP contribution is -2.25. The molecule has 146 valence electrons. The van der Waals surface area contributed by atoms with Gasteiger partial charge in [0.05, 0.1) is 5.69 Å². The Morgan fingerprint density at radius 2 is 1.86 bits per heavy atom. The highest BCUT2D eigenvalue weighted by molar-refractivity contribution is 6.05. The minimum atomic E-state index is -0.924. The molecule has 0 radical (unpaired) electrons. The molecule has 0 saturated carbocycles. The first kappa shape index (κ1) is 19.6. The number of Topliss-reactive ketones (excluding diaryl/α,β-unsaturated/α-hetero) is 2. The second-order valence-corrected chi connectivity index (χ2v) is 7.04. The quantitative estimate of drug-likeness (QED) is 0.477. The number of rotatable bonds is 7. The zero-order chi connectivity index (χ0) is 20.4. The Kier molecular flexibility index (Phi) is 5.49. The molecular weight excluding hydrogens is 356 g/mol. The van der Waals surface area contributed by atoms with Gasteiger partial charge in [-0.2, -0.15) is 0 Å². The van der Waals surface area contributed by atoms with Crippen molar-refractivity contribution in [3.05, 3.63) is 58.5 Å². The molecule has 2 N–H and O–H groups in total. The Balaban J connectivity index is 1.63. The molecule has 0 aliphatic heterocycles. The molecule has 6 heteroatoms. The van der Waals surface area contributed by atoms with E-state index in [0.29, 0.717) is 28.9 Å². The van der Waals surface area contributed by atoms with Crippen molar-refractivity contribution in [3.8, 4) is 0 Å². The number of para-hydroxylation sites is 1. The molecule has 1 atom stereocenters. The molecule has 0 aliphatic carbocycles. The standard InChI is InChI=1S/C22H24N2O4/c1-12-20(14(3)25)13(2)24-21(12)22(27)15(4)28-19(26)10-9-16-11-23-18-8-6-5-7-17(16)18/h5-8,11,15,23-24H,9-10H2,1-4H3/t15-/m0/s1. The maximum Gasteiger partial charge on any atom is 0.306 e. The lowest BCUT2D eigenvalue weighted by Gasteiger charge is -2.12. The molecule has 0 spiro atoms. The lowest BCUT2D eigenvalue weighted by atomic mass is 10.0. The number of esters is 1. The van der Waals surface area contributed by atoms with E-state index in [1.165, 1.54) is 6.92 Å². The minimum Gasteiger partial charge on any atom is -0.454 e. The fraction of sp³-hybridized carbons (Fsp3) is 0.318. The number of carbonyl (C=O) groups excluding carboxylic acids is 3. The average Bonchev–Trinajstić information content (AvgIpc) is 3.19. The summed E-state index contributed by atoms with van der Waals surface area (Å²) < 4.78 is 5.34. The molecule has 2 aromatic heterocycles. The van der Waals surface area contributed by atoms with Gasteiger partial charge in [-0.05, 0) is 51.3 Å². The Bertz CT molecular complexity index is 1060. The number of hydrogen-bond acceptors (Lipinski definition) is 4. The second kappa shape index (κ2) is 7.84. The van der Waals surface area contributed by atoms with Crippen LogP contribution in [0.4, 0.5) is 0 Å².